The van der Waals surface area contributed by atoms with Crippen molar-refractivity contribution in [1.82, 2.24) is 20.6 Å². The number of hydrogen-bond donors (Lipinski definition) is 7. The van der Waals surface area contributed by atoms with Gasteiger partial charge in [0.15, 0.2) is 5.66 Å². The Morgan fingerprint density at radius 2 is 2.00 bits per heavy atom. The molecule has 1 heterocycles. The van der Waals surface area contributed by atoms with E-state index in [9.17, 15) is 29.4 Å². The molecule has 0 saturated carbocycles. The highest BCUT2D eigenvalue weighted by Gasteiger charge is 2.42. The minimum Gasteiger partial charge on any atom is -0.480 e. The maximum Gasteiger partial charge on any atom is 0.344 e. The number of carboxylic acids is 2. The first-order valence-electron chi connectivity index (χ1n) is 7.68. The summed E-state index contributed by atoms with van der Waals surface area (Å²) in [6.07, 6.45) is 2.01. The number of nitrogens with one attached hydrogen (secondary N) is 3. The second-order valence-corrected chi connectivity index (χ2v) is 5.63. The number of primary amides is 1. The molecule has 1 rings (SSSR count). The molecule has 1 aromatic rings. The van der Waals surface area contributed by atoms with Crippen LogP contribution in [-0.2, 0) is 25.6 Å². The number of carbonyl (C=O) groups excluding carboxylic acids is 2. The van der Waals surface area contributed by atoms with Crippen molar-refractivity contribution in [2.75, 3.05) is 0 Å². The van der Waals surface area contributed by atoms with Gasteiger partial charge in [-0.25, -0.2) is 9.78 Å². The van der Waals surface area contributed by atoms with Gasteiger partial charge in [0.2, 0.25) is 11.8 Å². The summed E-state index contributed by atoms with van der Waals surface area (Å²) in [5.74, 6) is -4.62. The maximum absolute atomic E-state index is 12.1. The molecule has 9 N–H and O–H groups in total. The molecule has 0 fully saturated rings. The Labute approximate surface area is 148 Å². The fourth-order valence-corrected chi connectivity index (χ4v) is 2.21. The van der Waals surface area contributed by atoms with E-state index in [-0.39, 0.29) is 12.8 Å². The lowest BCUT2D eigenvalue weighted by Crippen LogP contribution is -2.69. The van der Waals surface area contributed by atoms with E-state index in [0.29, 0.717) is 5.69 Å². The van der Waals surface area contributed by atoms with Crippen LogP contribution in [0.5, 0.6) is 0 Å². The van der Waals surface area contributed by atoms with Crippen LogP contribution < -0.4 is 22.1 Å². The van der Waals surface area contributed by atoms with E-state index in [1.54, 1.807) is 0 Å². The van der Waals surface area contributed by atoms with Crippen LogP contribution in [0.4, 0.5) is 0 Å². The van der Waals surface area contributed by atoms with Gasteiger partial charge >= 0.3 is 11.9 Å². The number of aromatic nitrogens is 2. The fourth-order valence-electron chi connectivity index (χ4n) is 2.21. The van der Waals surface area contributed by atoms with E-state index in [1.807, 2.05) is 0 Å². The molecule has 0 aromatic carbocycles. The van der Waals surface area contributed by atoms with Crippen molar-refractivity contribution in [3.05, 3.63) is 18.2 Å². The van der Waals surface area contributed by atoms with E-state index in [1.165, 1.54) is 19.4 Å². The first kappa shape index (κ1) is 21.1. The summed E-state index contributed by atoms with van der Waals surface area (Å²) in [4.78, 5) is 52.8. The van der Waals surface area contributed by atoms with Gasteiger partial charge in [0.05, 0.1) is 24.5 Å². The zero-order chi connectivity index (χ0) is 19.9. The van der Waals surface area contributed by atoms with Gasteiger partial charge in [0.25, 0.3) is 0 Å². The van der Waals surface area contributed by atoms with E-state index in [0.717, 1.165) is 0 Å². The van der Waals surface area contributed by atoms with Gasteiger partial charge in [-0.05, 0) is 6.42 Å². The van der Waals surface area contributed by atoms with E-state index >= 15 is 0 Å². The van der Waals surface area contributed by atoms with Crippen molar-refractivity contribution in [2.24, 2.45) is 11.5 Å². The number of nitrogens with zero attached hydrogens (tertiary/aromatic N) is 1. The topological polar surface area (TPSA) is 214 Å². The molecule has 1 aromatic heterocycles. The minimum absolute atomic E-state index is 0.128. The Morgan fingerprint density at radius 3 is 2.42 bits per heavy atom. The Bertz CT molecular complexity index is 663. The quantitative estimate of drug-likeness (QED) is 0.205. The molecule has 0 saturated heterocycles. The molecule has 12 nitrogen and oxygen atoms in total. The number of H-pyrrole nitrogens is 1. The number of carbonyl (C=O) groups is 4. The Balaban J connectivity index is 3.02. The van der Waals surface area contributed by atoms with Crippen LogP contribution in [0.2, 0.25) is 0 Å². The molecular weight excluding hydrogens is 348 g/mol. The lowest BCUT2D eigenvalue weighted by Gasteiger charge is -2.34. The summed E-state index contributed by atoms with van der Waals surface area (Å²) in [6.45, 7) is 1.44. The average Bonchev–Trinajstić information content (AvgIpc) is 3.05. The van der Waals surface area contributed by atoms with Crippen LogP contribution in [0, 0.1) is 0 Å². The third-order valence-electron chi connectivity index (χ3n) is 3.68. The predicted octanol–water partition coefficient (Wildman–Crippen LogP) is -2.50. The standard InChI is InChI=1S/C14H22N6O6/c1-2-14(13(25)26,20-11(22)8(15)4-10(16)21)19-9(12(23)24)3-7-5-17-6-18-7/h5-6,8-9,19H,2-4,15H2,1H3,(H2,16,21)(H,17,18)(H,20,22)(H,23,24)(H,25,26)/t8-,9-,14-/m0/s1. The number of imidazole rings is 1. The Kier molecular flexibility index (Phi) is 7.22. The SMILES string of the molecule is CC[C@@](NC(=O)[C@@H](N)CC(N)=O)(N[C@@H](Cc1c[nH]cn1)C(=O)O)C(=O)O. The fraction of sp³-hybridized carbons (Fsp3) is 0.500. The monoisotopic (exact) mass is 370 g/mol. The van der Waals surface area contributed by atoms with E-state index in [2.05, 4.69) is 20.6 Å². The molecule has 0 aliphatic rings. The van der Waals surface area contributed by atoms with Gasteiger partial charge < -0.3 is 32.0 Å². The van der Waals surface area contributed by atoms with Gasteiger partial charge in [-0.1, -0.05) is 6.92 Å². The minimum atomic E-state index is -2.11. The Hall–Kier alpha value is -2.99. The smallest absolute Gasteiger partial charge is 0.344 e. The van der Waals surface area contributed by atoms with Crippen LogP contribution in [0.1, 0.15) is 25.5 Å². The number of aliphatic carboxylic acids is 2. The number of hydrogen-bond acceptors (Lipinski definition) is 7. The largest absolute Gasteiger partial charge is 0.480 e. The lowest BCUT2D eigenvalue weighted by atomic mass is 10.0. The van der Waals surface area contributed by atoms with E-state index < -0.39 is 47.9 Å². The maximum atomic E-state index is 12.1. The summed E-state index contributed by atoms with van der Waals surface area (Å²) in [6, 6.07) is -2.73. The van der Waals surface area contributed by atoms with Gasteiger partial charge in [-0.2, -0.15) is 0 Å². The molecule has 0 radical (unpaired) electrons. The highest BCUT2D eigenvalue weighted by atomic mass is 16.4. The zero-order valence-corrected chi connectivity index (χ0v) is 14.1. The Morgan fingerprint density at radius 1 is 1.35 bits per heavy atom. The van der Waals surface area contributed by atoms with Crippen molar-refractivity contribution in [2.45, 2.75) is 43.9 Å². The van der Waals surface area contributed by atoms with Crippen LogP contribution in [-0.4, -0.2) is 61.7 Å². The second kappa shape index (κ2) is 8.92. The molecule has 0 bridgehead atoms. The summed E-state index contributed by atoms with van der Waals surface area (Å²) in [5.41, 5.74) is 8.76. The van der Waals surface area contributed by atoms with Crippen molar-refractivity contribution in [1.29, 1.82) is 0 Å². The molecule has 0 aliphatic heterocycles. The molecular formula is C14H22N6O6. The van der Waals surface area contributed by atoms with Crippen LogP contribution in [0.15, 0.2) is 12.5 Å². The van der Waals surface area contributed by atoms with Crippen LogP contribution in [0.3, 0.4) is 0 Å². The number of nitrogens with two attached hydrogens (primary N) is 2. The third kappa shape index (κ3) is 5.53. The van der Waals surface area contributed by atoms with E-state index in [4.69, 9.17) is 11.5 Å². The van der Waals surface area contributed by atoms with Crippen LogP contribution in [0.25, 0.3) is 0 Å². The lowest BCUT2D eigenvalue weighted by molar-refractivity contribution is -0.152. The first-order chi connectivity index (χ1) is 12.1. The average molecular weight is 370 g/mol. The summed E-state index contributed by atoms with van der Waals surface area (Å²) in [7, 11) is 0. The third-order valence-corrected chi connectivity index (χ3v) is 3.68. The summed E-state index contributed by atoms with van der Waals surface area (Å²) in [5, 5.41) is 23.6. The second-order valence-electron chi connectivity index (χ2n) is 5.63. The number of rotatable bonds is 11. The van der Waals surface area contributed by atoms with Crippen molar-refractivity contribution < 1.29 is 29.4 Å². The summed E-state index contributed by atoms with van der Waals surface area (Å²) >= 11 is 0. The predicted molar refractivity (Wildman–Crippen MR) is 87.4 cm³/mol. The van der Waals surface area contributed by atoms with Gasteiger partial charge in [0.1, 0.15) is 6.04 Å². The van der Waals surface area contributed by atoms with Gasteiger partial charge in [-0.3, -0.25) is 19.7 Å². The van der Waals surface area contributed by atoms with Crippen molar-refractivity contribution >= 4 is 23.8 Å². The molecule has 12 heteroatoms. The highest BCUT2D eigenvalue weighted by Crippen LogP contribution is 2.12. The van der Waals surface area contributed by atoms with Crippen molar-refractivity contribution in [3.63, 3.8) is 0 Å². The number of aromatic amines is 1. The van der Waals surface area contributed by atoms with Gasteiger partial charge in [0, 0.05) is 12.6 Å². The number of carboxylic acid groups (broad SMARTS) is 2. The molecule has 0 aliphatic carbocycles. The highest BCUT2D eigenvalue weighted by molar-refractivity contribution is 5.92. The molecule has 144 valence electrons. The molecule has 3 atom stereocenters. The first-order valence-corrected chi connectivity index (χ1v) is 7.68. The molecule has 26 heavy (non-hydrogen) atoms. The molecule has 0 spiro atoms. The zero-order valence-electron chi connectivity index (χ0n) is 14.1. The normalized spacial score (nSPS) is 15.5. The molecule has 2 amide bonds. The summed E-state index contributed by atoms with van der Waals surface area (Å²) < 4.78 is 0. The number of amides is 2. The van der Waals surface area contributed by atoms with Crippen LogP contribution >= 0.6 is 0 Å². The van der Waals surface area contributed by atoms with Gasteiger partial charge in [-0.15, -0.1) is 0 Å². The molecule has 0 unspecified atom stereocenters. The van der Waals surface area contributed by atoms with Crippen molar-refractivity contribution in [3.8, 4) is 0 Å².